The van der Waals surface area contributed by atoms with Crippen molar-refractivity contribution < 1.29 is 24.0 Å². The molecule has 5 amide bonds. The number of nitrogens with one attached hydrogen (secondary N) is 6. The van der Waals surface area contributed by atoms with Crippen LogP contribution in [0.1, 0.15) is 48.5 Å². The first-order chi connectivity index (χ1) is 22.1. The fourth-order valence-corrected chi connectivity index (χ4v) is 4.44. The van der Waals surface area contributed by atoms with Gasteiger partial charge >= 0.3 is 0 Å². The van der Waals surface area contributed by atoms with Crippen molar-refractivity contribution in [3.63, 3.8) is 0 Å². The van der Waals surface area contributed by atoms with E-state index in [2.05, 4.69) is 59.2 Å². The van der Waals surface area contributed by atoms with Gasteiger partial charge < -0.3 is 46.0 Å². The molecule has 0 aliphatic rings. The summed E-state index contributed by atoms with van der Waals surface area (Å²) in [7, 11) is 6.38. The molecule has 0 saturated carbocycles. The maximum atomic E-state index is 13.1. The molecule has 0 aliphatic heterocycles. The smallest absolute Gasteiger partial charge is 0.291 e. The number of imidazole rings is 1. The van der Waals surface area contributed by atoms with E-state index >= 15 is 0 Å². The number of amidine groups is 1. The van der Waals surface area contributed by atoms with E-state index in [1.54, 1.807) is 40.6 Å². The summed E-state index contributed by atoms with van der Waals surface area (Å²) in [5.74, 6) is -2.31. The molecule has 0 spiro atoms. The lowest BCUT2D eigenvalue weighted by atomic mass is 10.3. The first-order valence-electron chi connectivity index (χ1n) is 13.7. The zero-order chi connectivity index (χ0) is 34.6. The van der Waals surface area contributed by atoms with Crippen LogP contribution in [0.2, 0.25) is 0 Å². The number of nitrogens with zero attached hydrogens (tertiary/aromatic N) is 6. The lowest BCUT2D eigenvalue weighted by molar-refractivity contribution is -0.112. The van der Waals surface area contributed by atoms with E-state index in [-0.39, 0.29) is 70.2 Å². The van der Waals surface area contributed by atoms with Crippen LogP contribution in [0.25, 0.3) is 0 Å². The number of aromatic nitrogens is 6. The Morgan fingerprint density at radius 2 is 1.35 bits per heavy atom. The lowest BCUT2D eigenvalue weighted by Crippen LogP contribution is -2.29. The van der Waals surface area contributed by atoms with Crippen LogP contribution in [0, 0.1) is 5.41 Å². The normalized spacial score (nSPS) is 10.4. The first kappa shape index (κ1) is 36.8. The van der Waals surface area contributed by atoms with Gasteiger partial charge in [-0.1, -0.05) is 6.58 Å². The molecule has 8 N–H and O–H groups in total. The average molecular weight is 747 g/mol. The van der Waals surface area contributed by atoms with E-state index in [1.807, 2.05) is 0 Å². The Balaban J connectivity index is 0.00000625. The van der Waals surface area contributed by atoms with E-state index in [0.717, 1.165) is 0 Å². The molecule has 0 saturated heterocycles. The maximum Gasteiger partial charge on any atom is 0.291 e. The molecule has 254 valence electrons. The molecular formula is C28H33BrClN13O5. The molecule has 0 fully saturated rings. The van der Waals surface area contributed by atoms with E-state index in [0.29, 0.717) is 11.4 Å². The number of hydrogen-bond acceptors (Lipinski definition) is 8. The predicted octanol–water partition coefficient (Wildman–Crippen LogP) is 1.91. The van der Waals surface area contributed by atoms with Crippen LogP contribution in [-0.4, -0.2) is 70.4 Å². The standard InChI is InChI=1S/C28H32BrN13O5.ClH/c1-14(29)24(43)37-22-13-41(4)23(35-22)28(47)34-16-9-17(39(2)12-16)26(45)33-15-8-18(40(3)11-15)27(46)36-21-10-19(42(5)38-21)25(44)32-7-6-20(30)31;/h8-13H,1,6-7H2,2-5H3,(H3,30,31)(H,32,44)(H,33,45)(H,34,47)(H,37,43)(H,36,38,46);1H. The van der Waals surface area contributed by atoms with Gasteiger partial charge in [-0.15, -0.1) is 12.4 Å². The van der Waals surface area contributed by atoms with Gasteiger partial charge in [-0.2, -0.15) is 5.10 Å². The Morgan fingerprint density at radius 1 is 0.792 bits per heavy atom. The van der Waals surface area contributed by atoms with Crippen molar-refractivity contribution in [2.24, 2.45) is 33.9 Å². The Morgan fingerprint density at radius 3 is 1.92 bits per heavy atom. The Kier molecular flexibility index (Phi) is 11.7. The van der Waals surface area contributed by atoms with E-state index in [9.17, 15) is 24.0 Å². The molecule has 0 bridgehead atoms. The van der Waals surface area contributed by atoms with Crippen LogP contribution in [0.3, 0.4) is 0 Å². The lowest BCUT2D eigenvalue weighted by Gasteiger charge is -2.03. The third-order valence-electron chi connectivity index (χ3n) is 6.59. The SMILES string of the molecule is C=C(Br)C(=O)Nc1cn(C)c(C(=O)Nc2cc(C(=O)Nc3cc(C(=O)Nc4cc(C(=O)NCCC(=N)N)n(C)n4)n(C)c3)n(C)c2)n1.Cl. The molecule has 4 heterocycles. The summed E-state index contributed by atoms with van der Waals surface area (Å²) >= 11 is 2.98. The van der Waals surface area contributed by atoms with Gasteiger partial charge in [0.25, 0.3) is 29.5 Å². The van der Waals surface area contributed by atoms with Crippen LogP contribution in [0.4, 0.5) is 23.0 Å². The minimum absolute atomic E-state index is 0. The van der Waals surface area contributed by atoms with Gasteiger partial charge in [0.15, 0.2) is 11.6 Å². The molecule has 4 rings (SSSR count). The Bertz CT molecular complexity index is 1940. The highest BCUT2D eigenvalue weighted by Crippen LogP contribution is 2.20. The maximum absolute atomic E-state index is 13.1. The van der Waals surface area contributed by atoms with Gasteiger partial charge in [0.05, 0.1) is 21.7 Å². The van der Waals surface area contributed by atoms with Crippen molar-refractivity contribution in [1.82, 2.24) is 33.8 Å². The van der Waals surface area contributed by atoms with Crippen molar-refractivity contribution in [2.75, 3.05) is 27.8 Å². The fourth-order valence-electron chi connectivity index (χ4n) is 4.34. The summed E-state index contributed by atoms with van der Waals surface area (Å²) in [6.07, 6.45) is 4.76. The van der Waals surface area contributed by atoms with Crippen LogP contribution in [0.15, 0.2) is 47.9 Å². The van der Waals surface area contributed by atoms with Crippen LogP contribution < -0.4 is 32.3 Å². The molecule has 20 heteroatoms. The molecule has 48 heavy (non-hydrogen) atoms. The second-order valence-electron chi connectivity index (χ2n) is 10.3. The summed E-state index contributed by atoms with van der Waals surface area (Å²) in [5.41, 5.74) is 6.55. The van der Waals surface area contributed by atoms with E-state index in [4.69, 9.17) is 11.1 Å². The second-order valence-corrected chi connectivity index (χ2v) is 11.3. The van der Waals surface area contributed by atoms with Crippen molar-refractivity contribution in [1.29, 1.82) is 5.41 Å². The van der Waals surface area contributed by atoms with Crippen molar-refractivity contribution in [2.45, 2.75) is 6.42 Å². The molecule has 4 aromatic rings. The number of rotatable bonds is 12. The zero-order valence-corrected chi connectivity index (χ0v) is 28.6. The molecule has 4 aromatic heterocycles. The first-order valence-corrected chi connectivity index (χ1v) is 14.5. The summed E-state index contributed by atoms with van der Waals surface area (Å²) in [6, 6.07) is 4.35. The number of hydrogen-bond donors (Lipinski definition) is 7. The van der Waals surface area contributed by atoms with E-state index < -0.39 is 29.5 Å². The highest BCUT2D eigenvalue weighted by molar-refractivity contribution is 9.12. The number of halogens is 2. The third-order valence-corrected chi connectivity index (χ3v) is 6.95. The van der Waals surface area contributed by atoms with Crippen LogP contribution >= 0.6 is 28.3 Å². The van der Waals surface area contributed by atoms with Crippen molar-refractivity contribution in [3.05, 3.63) is 70.8 Å². The number of nitrogens with two attached hydrogens (primary N) is 1. The largest absolute Gasteiger partial charge is 0.388 e. The monoisotopic (exact) mass is 745 g/mol. The van der Waals surface area contributed by atoms with Crippen molar-refractivity contribution in [3.8, 4) is 0 Å². The number of amides is 5. The quantitative estimate of drug-likeness (QED) is 0.0640. The highest BCUT2D eigenvalue weighted by atomic mass is 79.9. The van der Waals surface area contributed by atoms with Gasteiger partial charge in [0.2, 0.25) is 5.82 Å². The molecule has 0 unspecified atom stereocenters. The molecule has 0 radical (unpaired) electrons. The second kappa shape index (κ2) is 15.3. The molecule has 18 nitrogen and oxygen atoms in total. The van der Waals surface area contributed by atoms with Crippen LogP contribution in [0.5, 0.6) is 0 Å². The topological polar surface area (TPSA) is 241 Å². The molecule has 0 atom stereocenters. The number of aryl methyl sites for hydroxylation is 4. The molecule has 0 aliphatic carbocycles. The number of anilines is 4. The number of carbonyl (C=O) groups is 5. The van der Waals surface area contributed by atoms with Gasteiger partial charge in [0.1, 0.15) is 17.1 Å². The average Bonchev–Trinajstić information content (AvgIpc) is 3.73. The minimum atomic E-state index is -0.574. The molecular weight excluding hydrogens is 714 g/mol. The fraction of sp³-hybridized carbons (Fsp3) is 0.214. The predicted molar refractivity (Wildman–Crippen MR) is 184 cm³/mol. The van der Waals surface area contributed by atoms with Crippen molar-refractivity contribution >= 4 is 86.7 Å². The van der Waals surface area contributed by atoms with E-state index in [1.165, 1.54) is 42.8 Å². The number of carbonyl (C=O) groups excluding carboxylic acids is 5. The minimum Gasteiger partial charge on any atom is -0.388 e. The summed E-state index contributed by atoms with van der Waals surface area (Å²) < 4.78 is 5.87. The third kappa shape index (κ3) is 8.76. The highest BCUT2D eigenvalue weighted by Gasteiger charge is 2.21. The van der Waals surface area contributed by atoms with Gasteiger partial charge in [-0.05, 0) is 28.1 Å². The van der Waals surface area contributed by atoms with Gasteiger partial charge in [-0.25, -0.2) is 4.98 Å². The molecule has 0 aromatic carbocycles. The summed E-state index contributed by atoms with van der Waals surface area (Å²) in [4.78, 5) is 67.4. The zero-order valence-electron chi connectivity index (χ0n) is 26.2. The Labute approximate surface area is 288 Å². The Hall–Kier alpha value is -5.69. The van der Waals surface area contributed by atoms with Gasteiger partial charge in [0, 0.05) is 65.8 Å². The summed E-state index contributed by atoms with van der Waals surface area (Å²) in [5, 5.41) is 24.6. The summed E-state index contributed by atoms with van der Waals surface area (Å²) in [6.45, 7) is 3.67. The van der Waals surface area contributed by atoms with Crippen LogP contribution in [-0.2, 0) is 33.0 Å². The van der Waals surface area contributed by atoms with Gasteiger partial charge in [-0.3, -0.25) is 34.1 Å².